The molecule has 1 aromatic carbocycles. The fraction of sp³-hybridized carbons (Fsp3) is 0.381. The molecule has 5 rings (SSSR count). The molecule has 2 bridgehead atoms. The van der Waals surface area contributed by atoms with Gasteiger partial charge in [-0.2, -0.15) is 0 Å². The Kier molecular flexibility index (Phi) is 4.05. The number of piperidine rings is 1. The Hall–Kier alpha value is -2.93. The van der Waals surface area contributed by atoms with Crippen LogP contribution in [0, 0.1) is 0 Å². The molecule has 4 heterocycles. The number of nitrogens with zero attached hydrogens (tertiary/aromatic N) is 3. The van der Waals surface area contributed by atoms with E-state index < -0.39 is 6.09 Å². The van der Waals surface area contributed by atoms with E-state index in [9.17, 15) is 9.59 Å². The SMILES string of the molecule is CN1C2CCC1CC(OC(=O)N1c3ccccc3C(=O)Nc3cccnc31)C2. The maximum absolute atomic E-state index is 13.3. The number of ether oxygens (including phenoxy) is 1. The number of fused-ring (bicyclic) bond motifs is 4. The van der Waals surface area contributed by atoms with Gasteiger partial charge >= 0.3 is 6.09 Å². The quantitative estimate of drug-likeness (QED) is 0.821. The Balaban J connectivity index is 1.49. The molecular weight excluding hydrogens is 356 g/mol. The molecular formula is C21H22N4O3. The van der Waals surface area contributed by atoms with Crippen LogP contribution in [0.25, 0.3) is 0 Å². The van der Waals surface area contributed by atoms with Gasteiger partial charge in [0.05, 0.1) is 16.9 Å². The third-order valence-electron chi connectivity index (χ3n) is 6.14. The molecule has 0 aliphatic carbocycles. The summed E-state index contributed by atoms with van der Waals surface area (Å²) in [6.07, 6.45) is 5.01. The van der Waals surface area contributed by atoms with E-state index in [0.29, 0.717) is 34.8 Å². The maximum Gasteiger partial charge on any atom is 0.420 e. The summed E-state index contributed by atoms with van der Waals surface area (Å²) in [6.45, 7) is 0. The molecule has 144 valence electrons. The van der Waals surface area contributed by atoms with Gasteiger partial charge in [0.1, 0.15) is 6.10 Å². The second-order valence-electron chi connectivity index (χ2n) is 7.71. The number of benzene rings is 1. The van der Waals surface area contributed by atoms with E-state index in [2.05, 4.69) is 22.2 Å². The zero-order chi connectivity index (χ0) is 19.3. The molecule has 0 radical (unpaired) electrons. The van der Waals surface area contributed by atoms with Crippen LogP contribution in [0.3, 0.4) is 0 Å². The third-order valence-corrected chi connectivity index (χ3v) is 6.14. The third kappa shape index (κ3) is 2.74. The Bertz CT molecular complexity index is 933. The summed E-state index contributed by atoms with van der Waals surface area (Å²) in [7, 11) is 2.16. The van der Waals surface area contributed by atoms with Gasteiger partial charge in [0, 0.05) is 31.1 Å². The highest BCUT2D eigenvalue weighted by molar-refractivity contribution is 6.16. The molecule has 0 spiro atoms. The van der Waals surface area contributed by atoms with Crippen molar-refractivity contribution in [3.8, 4) is 0 Å². The molecule has 28 heavy (non-hydrogen) atoms. The zero-order valence-electron chi connectivity index (χ0n) is 15.7. The summed E-state index contributed by atoms with van der Waals surface area (Å²) in [5.74, 6) is 0.110. The number of carbonyl (C=O) groups excluding carboxylic acids is 2. The molecule has 1 N–H and O–H groups in total. The number of hydrogen-bond donors (Lipinski definition) is 1. The number of carbonyl (C=O) groups is 2. The van der Waals surface area contributed by atoms with E-state index >= 15 is 0 Å². The molecule has 7 nitrogen and oxygen atoms in total. The van der Waals surface area contributed by atoms with Crippen molar-refractivity contribution in [3.63, 3.8) is 0 Å². The summed E-state index contributed by atoms with van der Waals surface area (Å²) < 4.78 is 5.95. The fourth-order valence-corrected chi connectivity index (χ4v) is 4.67. The van der Waals surface area contributed by atoms with Crippen LogP contribution in [0.2, 0.25) is 0 Å². The molecule has 3 aliphatic rings. The largest absolute Gasteiger partial charge is 0.445 e. The minimum atomic E-state index is -0.488. The Morgan fingerprint density at radius 2 is 1.89 bits per heavy atom. The second-order valence-corrected chi connectivity index (χ2v) is 7.71. The second kappa shape index (κ2) is 6.60. The first-order valence-electron chi connectivity index (χ1n) is 9.70. The predicted octanol–water partition coefficient (Wildman–Crippen LogP) is 3.55. The smallest absolute Gasteiger partial charge is 0.420 e. The first-order valence-corrected chi connectivity index (χ1v) is 9.70. The van der Waals surface area contributed by atoms with Gasteiger partial charge in [-0.25, -0.2) is 14.7 Å². The van der Waals surface area contributed by atoms with Gasteiger partial charge in [0.2, 0.25) is 0 Å². The number of rotatable bonds is 1. The first kappa shape index (κ1) is 17.2. The van der Waals surface area contributed by atoms with Crippen LogP contribution in [0.15, 0.2) is 42.6 Å². The van der Waals surface area contributed by atoms with Crippen molar-refractivity contribution >= 4 is 29.2 Å². The van der Waals surface area contributed by atoms with Crippen molar-refractivity contribution in [3.05, 3.63) is 48.2 Å². The molecule has 2 fully saturated rings. The fourth-order valence-electron chi connectivity index (χ4n) is 4.67. The average Bonchev–Trinajstić information content (AvgIpc) is 2.86. The summed E-state index contributed by atoms with van der Waals surface area (Å²) in [4.78, 5) is 34.1. The topological polar surface area (TPSA) is 74.8 Å². The van der Waals surface area contributed by atoms with Crippen LogP contribution in [-0.4, -0.2) is 47.1 Å². The Morgan fingerprint density at radius 3 is 2.68 bits per heavy atom. The summed E-state index contributed by atoms with van der Waals surface area (Å²) in [5, 5.41) is 2.84. The van der Waals surface area contributed by atoms with Crippen molar-refractivity contribution in [1.29, 1.82) is 0 Å². The maximum atomic E-state index is 13.3. The lowest BCUT2D eigenvalue weighted by Crippen LogP contribution is -2.44. The van der Waals surface area contributed by atoms with Crippen molar-refractivity contribution < 1.29 is 14.3 Å². The van der Waals surface area contributed by atoms with E-state index in [1.54, 1.807) is 42.6 Å². The van der Waals surface area contributed by atoms with Gasteiger partial charge < -0.3 is 15.0 Å². The normalized spacial score (nSPS) is 26.1. The molecule has 1 aromatic heterocycles. The minimum absolute atomic E-state index is 0.118. The lowest BCUT2D eigenvalue weighted by Gasteiger charge is -2.36. The van der Waals surface area contributed by atoms with Gasteiger partial charge in [0.25, 0.3) is 5.91 Å². The van der Waals surface area contributed by atoms with Gasteiger partial charge in [-0.3, -0.25) is 4.79 Å². The molecule has 2 saturated heterocycles. The average molecular weight is 378 g/mol. The Labute approximate surface area is 163 Å². The van der Waals surface area contributed by atoms with Gasteiger partial charge in [-0.15, -0.1) is 0 Å². The van der Waals surface area contributed by atoms with Crippen molar-refractivity contribution in [2.24, 2.45) is 0 Å². The van der Waals surface area contributed by atoms with E-state index in [1.165, 1.54) is 4.90 Å². The van der Waals surface area contributed by atoms with Crippen molar-refractivity contribution in [2.75, 3.05) is 17.3 Å². The van der Waals surface area contributed by atoms with Crippen LogP contribution in [0.5, 0.6) is 0 Å². The molecule has 3 aliphatic heterocycles. The molecule has 7 heteroatoms. The summed E-state index contributed by atoms with van der Waals surface area (Å²) >= 11 is 0. The number of hydrogen-bond acceptors (Lipinski definition) is 5. The molecule has 2 atom stereocenters. The molecule has 2 aromatic rings. The van der Waals surface area contributed by atoms with Crippen LogP contribution in [-0.2, 0) is 4.74 Å². The van der Waals surface area contributed by atoms with Gasteiger partial charge in [0.15, 0.2) is 5.82 Å². The minimum Gasteiger partial charge on any atom is -0.445 e. The van der Waals surface area contributed by atoms with Crippen LogP contribution >= 0.6 is 0 Å². The van der Waals surface area contributed by atoms with Gasteiger partial charge in [-0.05, 0) is 44.2 Å². The van der Waals surface area contributed by atoms with Crippen LogP contribution in [0.4, 0.5) is 22.0 Å². The molecule has 2 amide bonds. The lowest BCUT2D eigenvalue weighted by atomic mass is 10.0. The van der Waals surface area contributed by atoms with Crippen LogP contribution in [0.1, 0.15) is 36.0 Å². The lowest BCUT2D eigenvalue weighted by molar-refractivity contribution is 0.0326. The predicted molar refractivity (Wildman–Crippen MR) is 105 cm³/mol. The van der Waals surface area contributed by atoms with E-state index in [0.717, 1.165) is 25.7 Å². The first-order chi connectivity index (χ1) is 13.6. The highest BCUT2D eigenvalue weighted by atomic mass is 16.6. The summed E-state index contributed by atoms with van der Waals surface area (Å²) in [5.41, 5.74) is 1.39. The zero-order valence-corrected chi connectivity index (χ0v) is 15.7. The highest BCUT2D eigenvalue weighted by Crippen LogP contribution is 2.39. The number of nitrogens with one attached hydrogen (secondary N) is 1. The number of para-hydroxylation sites is 1. The van der Waals surface area contributed by atoms with Crippen LogP contribution < -0.4 is 10.2 Å². The van der Waals surface area contributed by atoms with E-state index in [4.69, 9.17) is 4.74 Å². The Morgan fingerprint density at radius 1 is 1.14 bits per heavy atom. The standard InChI is InChI=1S/C21H22N4O3/c1-24-13-8-9-14(24)12-15(11-13)28-21(27)25-18-7-3-2-5-16(18)20(26)23-17-6-4-10-22-19(17)25/h2-7,10,13-15H,8-9,11-12H2,1H3,(H,23,26). The number of aromatic nitrogens is 1. The van der Waals surface area contributed by atoms with E-state index in [-0.39, 0.29) is 12.0 Å². The van der Waals surface area contributed by atoms with Gasteiger partial charge in [-0.1, -0.05) is 12.1 Å². The molecule has 2 unspecified atom stereocenters. The monoisotopic (exact) mass is 378 g/mol. The number of pyridine rings is 1. The van der Waals surface area contributed by atoms with E-state index in [1.807, 2.05) is 0 Å². The highest BCUT2D eigenvalue weighted by Gasteiger charge is 2.41. The number of anilines is 3. The molecule has 0 saturated carbocycles. The van der Waals surface area contributed by atoms with Crippen molar-refractivity contribution in [1.82, 2.24) is 9.88 Å². The van der Waals surface area contributed by atoms with Crippen molar-refractivity contribution in [2.45, 2.75) is 43.9 Å². The number of amides is 2. The summed E-state index contributed by atoms with van der Waals surface area (Å²) in [6, 6.07) is 11.4.